The first-order valence-electron chi connectivity index (χ1n) is 7.38. The summed E-state index contributed by atoms with van der Waals surface area (Å²) in [6, 6.07) is 6.00. The highest BCUT2D eigenvalue weighted by molar-refractivity contribution is 9.10. The molecule has 6 heteroatoms. The van der Waals surface area contributed by atoms with Crippen molar-refractivity contribution in [1.29, 1.82) is 0 Å². The van der Waals surface area contributed by atoms with Crippen LogP contribution in [0.2, 0.25) is 5.02 Å². The summed E-state index contributed by atoms with van der Waals surface area (Å²) in [5.41, 5.74) is 3.99. The highest BCUT2D eigenvalue weighted by Gasteiger charge is 2.27. The second kappa shape index (κ2) is 8.46. The second-order valence-corrected chi connectivity index (χ2v) is 6.75. The van der Waals surface area contributed by atoms with E-state index in [0.717, 1.165) is 54.1 Å². The average Bonchev–Trinajstić information content (AvgIpc) is 2.47. The molecule has 2 unspecified atom stereocenters. The van der Waals surface area contributed by atoms with Crippen molar-refractivity contribution in [3.63, 3.8) is 0 Å². The summed E-state index contributed by atoms with van der Waals surface area (Å²) in [5, 5.41) is 0.755. The molecule has 1 fully saturated rings. The number of nitrogens with two attached hydrogens (primary N) is 1. The minimum Gasteiger partial charge on any atom is -0.374 e. The Morgan fingerprint density at radius 1 is 1.57 bits per heavy atom. The van der Waals surface area contributed by atoms with Crippen molar-refractivity contribution in [2.24, 2.45) is 5.84 Å². The van der Waals surface area contributed by atoms with Crippen molar-refractivity contribution >= 4 is 27.5 Å². The van der Waals surface area contributed by atoms with Gasteiger partial charge in [-0.15, -0.1) is 0 Å². The molecule has 1 aromatic carbocycles. The topological polar surface area (TPSA) is 50.5 Å². The van der Waals surface area contributed by atoms with Gasteiger partial charge in [0.1, 0.15) is 0 Å². The molecule has 1 heterocycles. The monoisotopic (exact) mass is 375 g/mol. The summed E-state index contributed by atoms with van der Waals surface area (Å²) in [6.07, 6.45) is 2.01. The molecule has 21 heavy (non-hydrogen) atoms. The van der Waals surface area contributed by atoms with E-state index in [1.807, 2.05) is 18.2 Å². The van der Waals surface area contributed by atoms with Crippen LogP contribution in [0, 0.1) is 0 Å². The maximum Gasteiger partial charge on any atom is 0.0871 e. The Labute approximate surface area is 140 Å². The fraction of sp³-hybridized carbons (Fsp3) is 0.600. The van der Waals surface area contributed by atoms with Crippen LogP contribution in [0.15, 0.2) is 22.7 Å². The number of nitrogens with zero attached hydrogens (tertiary/aromatic N) is 1. The molecule has 0 spiro atoms. The van der Waals surface area contributed by atoms with Crippen LogP contribution in [0.1, 0.15) is 18.9 Å². The molecule has 2 rings (SSSR count). The molecule has 0 aromatic heterocycles. The number of benzene rings is 1. The van der Waals surface area contributed by atoms with E-state index in [0.29, 0.717) is 0 Å². The van der Waals surface area contributed by atoms with Gasteiger partial charge in [-0.1, -0.05) is 40.5 Å². The van der Waals surface area contributed by atoms with Gasteiger partial charge in [0.15, 0.2) is 0 Å². The molecule has 0 radical (unpaired) electrons. The van der Waals surface area contributed by atoms with Crippen molar-refractivity contribution in [1.82, 2.24) is 10.3 Å². The average molecular weight is 377 g/mol. The van der Waals surface area contributed by atoms with E-state index < -0.39 is 0 Å². The summed E-state index contributed by atoms with van der Waals surface area (Å²) in [4.78, 5) is 2.43. The van der Waals surface area contributed by atoms with Gasteiger partial charge in [0.05, 0.1) is 18.8 Å². The quantitative estimate of drug-likeness (QED) is 0.592. The first-order valence-corrected chi connectivity index (χ1v) is 8.55. The van der Waals surface area contributed by atoms with Crippen LogP contribution in [0.5, 0.6) is 0 Å². The number of halogens is 2. The van der Waals surface area contributed by atoms with Crippen molar-refractivity contribution in [3.05, 3.63) is 33.3 Å². The van der Waals surface area contributed by atoms with Gasteiger partial charge >= 0.3 is 0 Å². The van der Waals surface area contributed by atoms with Crippen molar-refractivity contribution < 1.29 is 4.74 Å². The van der Waals surface area contributed by atoms with E-state index >= 15 is 0 Å². The van der Waals surface area contributed by atoms with Gasteiger partial charge in [0.25, 0.3) is 0 Å². The molecular weight excluding hydrogens is 354 g/mol. The van der Waals surface area contributed by atoms with Crippen molar-refractivity contribution in [3.8, 4) is 0 Å². The van der Waals surface area contributed by atoms with E-state index in [2.05, 4.69) is 33.2 Å². The van der Waals surface area contributed by atoms with Crippen LogP contribution in [-0.4, -0.2) is 43.3 Å². The van der Waals surface area contributed by atoms with Crippen LogP contribution in [0.3, 0.4) is 0 Å². The van der Waals surface area contributed by atoms with Crippen LogP contribution < -0.4 is 11.3 Å². The number of hydrogen-bond donors (Lipinski definition) is 2. The molecule has 1 aliphatic rings. The zero-order chi connectivity index (χ0) is 15.2. The van der Waals surface area contributed by atoms with E-state index in [1.54, 1.807) is 0 Å². The molecule has 4 nitrogen and oxygen atoms in total. The zero-order valence-corrected chi connectivity index (χ0v) is 14.7. The fourth-order valence-corrected chi connectivity index (χ4v) is 3.47. The minimum atomic E-state index is 0.0586. The lowest BCUT2D eigenvalue weighted by atomic mass is 10.0. The third-order valence-corrected chi connectivity index (χ3v) is 4.68. The Hall–Kier alpha value is -0.170. The molecule has 2 atom stereocenters. The van der Waals surface area contributed by atoms with Gasteiger partial charge in [0, 0.05) is 22.6 Å². The third-order valence-electron chi connectivity index (χ3n) is 3.84. The first-order chi connectivity index (χ1) is 10.1. The highest BCUT2D eigenvalue weighted by atomic mass is 79.9. The predicted octanol–water partition coefficient (Wildman–Crippen LogP) is 2.59. The van der Waals surface area contributed by atoms with E-state index in [9.17, 15) is 0 Å². The van der Waals surface area contributed by atoms with Gasteiger partial charge in [-0.25, -0.2) is 0 Å². The van der Waals surface area contributed by atoms with Crippen LogP contribution >= 0.6 is 27.5 Å². The van der Waals surface area contributed by atoms with E-state index in [1.165, 1.54) is 0 Å². The molecule has 0 saturated carbocycles. The number of hydrogen-bond acceptors (Lipinski definition) is 4. The molecule has 3 N–H and O–H groups in total. The molecule has 0 bridgehead atoms. The van der Waals surface area contributed by atoms with Crippen molar-refractivity contribution in [2.45, 2.75) is 31.9 Å². The van der Waals surface area contributed by atoms with Crippen LogP contribution in [-0.2, 0) is 11.2 Å². The lowest BCUT2D eigenvalue weighted by Crippen LogP contribution is -2.54. The second-order valence-electron chi connectivity index (χ2n) is 5.42. The zero-order valence-electron chi connectivity index (χ0n) is 12.3. The van der Waals surface area contributed by atoms with Crippen LogP contribution in [0.25, 0.3) is 0 Å². The molecule has 0 amide bonds. The van der Waals surface area contributed by atoms with Gasteiger partial charge in [0.2, 0.25) is 0 Å². The SMILES string of the molecule is CCCN1CCOC(C(Cc2ccc(Br)cc2Cl)NN)C1. The molecule has 118 valence electrons. The Morgan fingerprint density at radius 2 is 2.38 bits per heavy atom. The van der Waals surface area contributed by atoms with Gasteiger partial charge < -0.3 is 4.74 Å². The number of nitrogens with one attached hydrogen (secondary N) is 1. The largest absolute Gasteiger partial charge is 0.374 e. The van der Waals surface area contributed by atoms with Gasteiger partial charge in [-0.2, -0.15) is 0 Å². The van der Waals surface area contributed by atoms with Crippen LogP contribution in [0.4, 0.5) is 0 Å². The Kier molecular flexibility index (Phi) is 6.92. The molecular formula is C15H23BrClN3O. The Balaban J connectivity index is 2.01. The molecule has 1 saturated heterocycles. The normalized spacial score (nSPS) is 21.4. The maximum atomic E-state index is 6.30. The number of rotatable bonds is 6. The summed E-state index contributed by atoms with van der Waals surface area (Å²) in [6.45, 7) is 5.98. The van der Waals surface area contributed by atoms with Gasteiger partial charge in [-0.05, 0) is 37.1 Å². The maximum absolute atomic E-state index is 6.30. The standard InChI is InChI=1S/C15H23BrClN3O/c1-2-5-20-6-7-21-15(10-20)14(19-18)8-11-3-4-12(16)9-13(11)17/h3-4,9,14-15,19H,2,5-8,10,18H2,1H3. The fourth-order valence-electron chi connectivity index (χ4n) is 2.72. The summed E-state index contributed by atoms with van der Waals surface area (Å²) >= 11 is 9.72. The Morgan fingerprint density at radius 3 is 3.05 bits per heavy atom. The lowest BCUT2D eigenvalue weighted by Gasteiger charge is -2.36. The highest BCUT2D eigenvalue weighted by Crippen LogP contribution is 2.23. The number of hydrazine groups is 1. The summed E-state index contributed by atoms with van der Waals surface area (Å²) in [7, 11) is 0. The molecule has 1 aliphatic heterocycles. The Bertz CT molecular complexity index is 459. The van der Waals surface area contributed by atoms with Crippen molar-refractivity contribution in [2.75, 3.05) is 26.2 Å². The van der Waals surface area contributed by atoms with E-state index in [-0.39, 0.29) is 12.1 Å². The number of ether oxygens (including phenoxy) is 1. The smallest absolute Gasteiger partial charge is 0.0871 e. The van der Waals surface area contributed by atoms with Gasteiger partial charge in [-0.3, -0.25) is 16.2 Å². The number of morpholine rings is 1. The van der Waals surface area contributed by atoms with E-state index in [4.69, 9.17) is 22.2 Å². The minimum absolute atomic E-state index is 0.0586. The summed E-state index contributed by atoms with van der Waals surface area (Å²) in [5.74, 6) is 5.75. The summed E-state index contributed by atoms with van der Waals surface area (Å²) < 4.78 is 6.89. The first kappa shape index (κ1) is 17.2. The predicted molar refractivity (Wildman–Crippen MR) is 90.4 cm³/mol. The third kappa shape index (κ3) is 4.91. The molecule has 0 aliphatic carbocycles. The lowest BCUT2D eigenvalue weighted by molar-refractivity contribution is -0.0462. The molecule has 1 aromatic rings.